The highest BCUT2D eigenvalue weighted by Crippen LogP contribution is 2.23. The van der Waals surface area contributed by atoms with Crippen molar-refractivity contribution in [1.29, 1.82) is 0 Å². The lowest BCUT2D eigenvalue weighted by Gasteiger charge is -2.16. The average molecular weight is 467 g/mol. The van der Waals surface area contributed by atoms with E-state index in [0.29, 0.717) is 17.9 Å². The van der Waals surface area contributed by atoms with Gasteiger partial charge in [-0.15, -0.1) is 0 Å². The Morgan fingerprint density at radius 3 is 2.60 bits per heavy atom. The smallest absolute Gasteiger partial charge is 0.255 e. The molecule has 0 saturated heterocycles. The second kappa shape index (κ2) is 9.72. The Morgan fingerprint density at radius 1 is 1.00 bits per heavy atom. The minimum Gasteiger partial charge on any atom is -0.365 e. The van der Waals surface area contributed by atoms with Crippen molar-refractivity contribution in [3.05, 3.63) is 108 Å². The largest absolute Gasteiger partial charge is 0.365 e. The van der Waals surface area contributed by atoms with Gasteiger partial charge in [-0.05, 0) is 53.9 Å². The summed E-state index contributed by atoms with van der Waals surface area (Å²) in [5.41, 5.74) is 5.13. The predicted octanol–water partition coefficient (Wildman–Crippen LogP) is 5.26. The van der Waals surface area contributed by atoms with Gasteiger partial charge >= 0.3 is 0 Å². The van der Waals surface area contributed by atoms with Crippen LogP contribution in [0.4, 0.5) is 10.2 Å². The molecule has 3 heterocycles. The number of hydrogen-bond donors (Lipinski definition) is 3. The minimum absolute atomic E-state index is 0.255. The van der Waals surface area contributed by atoms with E-state index in [1.807, 2.05) is 43.5 Å². The molecule has 1 amide bonds. The Balaban J connectivity index is 1.25. The van der Waals surface area contributed by atoms with Gasteiger partial charge in [0.15, 0.2) is 5.65 Å². The Hall–Kier alpha value is -4.59. The number of halogens is 1. The molecule has 0 fully saturated rings. The van der Waals surface area contributed by atoms with Gasteiger partial charge in [-0.3, -0.25) is 9.89 Å². The number of H-pyrrole nitrogens is 1. The SMILES string of the molecule is C[C@H](NC(=O)c1cccnc1NCc1ccc(-c2cnc3[nH]ncc3c2)cc1)c1ccc(F)cc1. The fourth-order valence-electron chi connectivity index (χ4n) is 3.83. The van der Waals surface area contributed by atoms with Gasteiger partial charge in [-0.2, -0.15) is 5.10 Å². The number of amides is 1. The molecule has 0 aliphatic heterocycles. The van der Waals surface area contributed by atoms with Crippen molar-refractivity contribution in [2.75, 3.05) is 5.32 Å². The van der Waals surface area contributed by atoms with Crippen LogP contribution in [0.3, 0.4) is 0 Å². The number of anilines is 1. The minimum atomic E-state index is -0.310. The van der Waals surface area contributed by atoms with Crippen molar-refractivity contribution in [1.82, 2.24) is 25.5 Å². The zero-order chi connectivity index (χ0) is 24.2. The number of hydrogen-bond acceptors (Lipinski definition) is 5. The highest BCUT2D eigenvalue weighted by molar-refractivity contribution is 5.98. The molecule has 5 aromatic rings. The first-order valence-corrected chi connectivity index (χ1v) is 11.2. The number of pyridine rings is 2. The molecule has 3 N–H and O–H groups in total. The quantitative estimate of drug-likeness (QED) is 0.304. The predicted molar refractivity (Wildman–Crippen MR) is 133 cm³/mol. The normalized spacial score (nSPS) is 11.8. The molecule has 35 heavy (non-hydrogen) atoms. The van der Waals surface area contributed by atoms with E-state index in [1.165, 1.54) is 12.1 Å². The zero-order valence-corrected chi connectivity index (χ0v) is 19.0. The molecule has 0 spiro atoms. The van der Waals surface area contributed by atoms with Gasteiger partial charge in [-0.25, -0.2) is 14.4 Å². The van der Waals surface area contributed by atoms with Crippen LogP contribution in [0.15, 0.2) is 85.3 Å². The molecule has 3 aromatic heterocycles. The number of benzene rings is 2. The van der Waals surface area contributed by atoms with Crippen LogP contribution in [-0.2, 0) is 6.54 Å². The number of aromatic nitrogens is 4. The number of rotatable bonds is 7. The third kappa shape index (κ3) is 5.01. The Morgan fingerprint density at radius 2 is 1.80 bits per heavy atom. The molecule has 7 nitrogen and oxygen atoms in total. The first-order valence-electron chi connectivity index (χ1n) is 11.2. The topological polar surface area (TPSA) is 95.6 Å². The lowest BCUT2D eigenvalue weighted by atomic mass is 10.0. The van der Waals surface area contributed by atoms with Crippen LogP contribution in [0.2, 0.25) is 0 Å². The van der Waals surface area contributed by atoms with Gasteiger partial charge in [0, 0.05) is 29.9 Å². The van der Waals surface area contributed by atoms with E-state index in [2.05, 4.69) is 30.8 Å². The summed E-state index contributed by atoms with van der Waals surface area (Å²) in [5.74, 6) is -0.0698. The maximum atomic E-state index is 13.2. The van der Waals surface area contributed by atoms with E-state index >= 15 is 0 Å². The molecule has 0 saturated carbocycles. The number of nitrogens with zero attached hydrogens (tertiary/aromatic N) is 3. The van der Waals surface area contributed by atoms with Crippen LogP contribution in [0.1, 0.15) is 34.5 Å². The average Bonchev–Trinajstić information content (AvgIpc) is 3.36. The molecule has 5 rings (SSSR count). The molecule has 174 valence electrons. The second-order valence-corrected chi connectivity index (χ2v) is 8.23. The summed E-state index contributed by atoms with van der Waals surface area (Å²) in [6, 6.07) is 19.4. The van der Waals surface area contributed by atoms with Crippen LogP contribution in [0.25, 0.3) is 22.2 Å². The summed E-state index contributed by atoms with van der Waals surface area (Å²) in [4.78, 5) is 21.7. The molecule has 0 unspecified atom stereocenters. The third-order valence-electron chi connectivity index (χ3n) is 5.81. The van der Waals surface area contributed by atoms with Gasteiger partial charge in [0.1, 0.15) is 11.6 Å². The fourth-order valence-corrected chi connectivity index (χ4v) is 3.83. The molecule has 2 aromatic carbocycles. The van der Waals surface area contributed by atoms with E-state index in [4.69, 9.17) is 0 Å². The molecular weight excluding hydrogens is 443 g/mol. The van der Waals surface area contributed by atoms with Crippen molar-refractivity contribution in [2.45, 2.75) is 19.5 Å². The molecule has 0 aliphatic rings. The molecular formula is C27H23FN6O. The van der Waals surface area contributed by atoms with Crippen LogP contribution < -0.4 is 10.6 Å². The Labute approximate surface area is 201 Å². The Bertz CT molecular complexity index is 1460. The van der Waals surface area contributed by atoms with Crippen LogP contribution in [0, 0.1) is 5.82 Å². The highest BCUT2D eigenvalue weighted by atomic mass is 19.1. The van der Waals surface area contributed by atoms with Crippen LogP contribution in [-0.4, -0.2) is 26.1 Å². The van der Waals surface area contributed by atoms with Gasteiger partial charge in [0.25, 0.3) is 5.91 Å². The summed E-state index contributed by atoms with van der Waals surface area (Å²) in [6.45, 7) is 2.36. The number of fused-ring (bicyclic) bond motifs is 1. The molecule has 0 bridgehead atoms. The van der Waals surface area contributed by atoms with Gasteiger partial charge in [-0.1, -0.05) is 36.4 Å². The van der Waals surface area contributed by atoms with E-state index in [1.54, 1.807) is 36.7 Å². The summed E-state index contributed by atoms with van der Waals surface area (Å²) in [6.07, 6.45) is 5.22. The number of aromatic amines is 1. The van der Waals surface area contributed by atoms with Crippen molar-refractivity contribution >= 4 is 22.8 Å². The van der Waals surface area contributed by atoms with Crippen molar-refractivity contribution < 1.29 is 9.18 Å². The van der Waals surface area contributed by atoms with Crippen molar-refractivity contribution in [3.63, 3.8) is 0 Å². The summed E-state index contributed by atoms with van der Waals surface area (Å²) in [5, 5.41) is 14.0. The zero-order valence-electron chi connectivity index (χ0n) is 19.0. The highest BCUT2D eigenvalue weighted by Gasteiger charge is 2.16. The molecule has 1 atom stereocenters. The van der Waals surface area contributed by atoms with Crippen LogP contribution in [0.5, 0.6) is 0 Å². The lowest BCUT2D eigenvalue weighted by Crippen LogP contribution is -2.27. The number of carbonyl (C=O) groups excluding carboxylic acids is 1. The molecule has 0 aliphatic carbocycles. The Kier molecular flexibility index (Phi) is 6.17. The first kappa shape index (κ1) is 22.2. The van der Waals surface area contributed by atoms with Gasteiger partial charge in [0.2, 0.25) is 0 Å². The van der Waals surface area contributed by atoms with Crippen molar-refractivity contribution in [3.8, 4) is 11.1 Å². The fraction of sp³-hybridized carbons (Fsp3) is 0.111. The van der Waals surface area contributed by atoms with Crippen LogP contribution >= 0.6 is 0 Å². The first-order chi connectivity index (χ1) is 17.1. The third-order valence-corrected chi connectivity index (χ3v) is 5.81. The van der Waals surface area contributed by atoms with E-state index in [-0.39, 0.29) is 17.8 Å². The summed E-state index contributed by atoms with van der Waals surface area (Å²) < 4.78 is 13.2. The lowest BCUT2D eigenvalue weighted by molar-refractivity contribution is 0.0940. The van der Waals surface area contributed by atoms with E-state index in [9.17, 15) is 9.18 Å². The van der Waals surface area contributed by atoms with E-state index < -0.39 is 0 Å². The second-order valence-electron chi connectivity index (χ2n) is 8.23. The summed E-state index contributed by atoms with van der Waals surface area (Å²) in [7, 11) is 0. The monoisotopic (exact) mass is 466 g/mol. The van der Waals surface area contributed by atoms with E-state index in [0.717, 1.165) is 33.3 Å². The maximum absolute atomic E-state index is 13.2. The maximum Gasteiger partial charge on any atom is 0.255 e. The van der Waals surface area contributed by atoms with Gasteiger partial charge < -0.3 is 10.6 Å². The number of nitrogens with one attached hydrogen (secondary N) is 3. The number of carbonyl (C=O) groups is 1. The van der Waals surface area contributed by atoms with Gasteiger partial charge in [0.05, 0.1) is 17.8 Å². The summed E-state index contributed by atoms with van der Waals surface area (Å²) >= 11 is 0. The van der Waals surface area contributed by atoms with Crippen molar-refractivity contribution in [2.24, 2.45) is 0 Å². The molecule has 8 heteroatoms. The standard InChI is InChI=1S/C27H23FN6O/c1-17(19-8-10-23(28)11-9-19)33-27(35)24-3-2-12-29-26(24)30-14-18-4-6-20(7-5-18)21-13-22-16-32-34-25(22)31-15-21/h2-13,15-17H,14H2,1H3,(H,29,30)(H,33,35)(H,31,32,34)/t17-/m0/s1. The molecule has 0 radical (unpaired) electrons.